The van der Waals surface area contributed by atoms with Crippen LogP contribution in [0.2, 0.25) is 0 Å². The monoisotopic (exact) mass is 283 g/mol. The second-order valence-electron chi connectivity index (χ2n) is 7.80. The molecule has 0 radical (unpaired) electrons. The van der Waals surface area contributed by atoms with Crippen LogP contribution in [0.25, 0.3) is 0 Å². The van der Waals surface area contributed by atoms with Gasteiger partial charge in [-0.05, 0) is 74.2 Å². The molecule has 1 aromatic carbocycles. The van der Waals surface area contributed by atoms with Gasteiger partial charge in [-0.3, -0.25) is 0 Å². The molecule has 0 amide bonds. The number of hydrogen-bond donors (Lipinski definition) is 1. The van der Waals surface area contributed by atoms with Crippen molar-refractivity contribution in [1.82, 2.24) is 5.32 Å². The molecular weight excluding hydrogens is 254 g/mol. The van der Waals surface area contributed by atoms with E-state index in [2.05, 4.69) is 35.6 Å². The maximum atomic E-state index is 3.76. The number of benzene rings is 1. The first kappa shape index (κ1) is 13.8. The lowest BCUT2D eigenvalue weighted by Gasteiger charge is -2.25. The molecule has 1 aromatic rings. The maximum Gasteiger partial charge on any atom is 0.00684 e. The molecule has 0 aliphatic heterocycles. The highest BCUT2D eigenvalue weighted by atomic mass is 14.9. The van der Waals surface area contributed by atoms with Crippen molar-refractivity contribution in [3.8, 4) is 0 Å². The Kier molecular flexibility index (Phi) is 4.03. The van der Waals surface area contributed by atoms with Gasteiger partial charge in [0.2, 0.25) is 0 Å². The highest BCUT2D eigenvalue weighted by Crippen LogP contribution is 2.50. The van der Waals surface area contributed by atoms with Crippen molar-refractivity contribution in [1.29, 1.82) is 0 Å². The van der Waals surface area contributed by atoms with Gasteiger partial charge in [0.1, 0.15) is 0 Å². The van der Waals surface area contributed by atoms with E-state index in [4.69, 9.17) is 0 Å². The van der Waals surface area contributed by atoms with E-state index in [0.717, 1.165) is 29.7 Å². The molecule has 0 aromatic heterocycles. The molecule has 3 aliphatic carbocycles. The molecule has 114 valence electrons. The van der Waals surface area contributed by atoms with Crippen molar-refractivity contribution < 1.29 is 0 Å². The number of rotatable bonds is 7. The zero-order chi connectivity index (χ0) is 14.1. The van der Waals surface area contributed by atoms with Crippen LogP contribution >= 0.6 is 0 Å². The van der Waals surface area contributed by atoms with Gasteiger partial charge in [0.05, 0.1) is 0 Å². The summed E-state index contributed by atoms with van der Waals surface area (Å²) in [5.74, 6) is 3.96. The van der Waals surface area contributed by atoms with E-state index in [9.17, 15) is 0 Å². The van der Waals surface area contributed by atoms with E-state index in [1.165, 1.54) is 45.1 Å². The van der Waals surface area contributed by atoms with Crippen LogP contribution in [0.5, 0.6) is 0 Å². The minimum atomic E-state index is 0.728. The molecule has 1 N–H and O–H groups in total. The lowest BCUT2D eigenvalue weighted by molar-refractivity contribution is 0.298. The molecule has 0 heterocycles. The molecule has 1 nitrogen and oxygen atoms in total. The molecule has 4 unspecified atom stereocenters. The van der Waals surface area contributed by atoms with Crippen molar-refractivity contribution in [2.75, 3.05) is 6.54 Å². The minimum absolute atomic E-state index is 0.728. The summed E-state index contributed by atoms with van der Waals surface area (Å²) in [6, 6.07) is 12.1. The normalized spacial score (nSPS) is 32.5. The van der Waals surface area contributed by atoms with Crippen molar-refractivity contribution in [2.45, 2.75) is 63.3 Å². The van der Waals surface area contributed by atoms with Crippen molar-refractivity contribution in [3.05, 3.63) is 35.9 Å². The van der Waals surface area contributed by atoms with Crippen LogP contribution in [0.15, 0.2) is 30.3 Å². The first-order chi connectivity index (χ1) is 10.4. The highest BCUT2D eigenvalue weighted by molar-refractivity contribution is 5.20. The number of fused-ring (bicyclic) bond motifs is 2. The Bertz CT molecular complexity index is 450. The number of hydrogen-bond acceptors (Lipinski definition) is 1. The number of nitrogens with one attached hydrogen (secondary N) is 1. The standard InChI is InChI=1S/C20H29N/c1-2-4-16(5-3-1)19(14-21-20-10-11-20)9-8-18-13-15-6-7-17(18)12-15/h1-5,15,17-21H,6-14H2. The molecule has 0 spiro atoms. The second kappa shape index (κ2) is 6.12. The van der Waals surface area contributed by atoms with E-state index in [1.807, 2.05) is 0 Å². The summed E-state index contributed by atoms with van der Waals surface area (Å²) >= 11 is 0. The fraction of sp³-hybridized carbons (Fsp3) is 0.700. The smallest absolute Gasteiger partial charge is 0.00684 e. The average molecular weight is 283 g/mol. The predicted molar refractivity (Wildman–Crippen MR) is 88.4 cm³/mol. The third kappa shape index (κ3) is 3.34. The highest BCUT2D eigenvalue weighted by Gasteiger charge is 2.39. The summed E-state index contributed by atoms with van der Waals surface area (Å²) in [6.45, 7) is 1.19. The third-order valence-electron chi connectivity index (χ3n) is 6.27. The Morgan fingerprint density at radius 2 is 1.86 bits per heavy atom. The summed E-state index contributed by atoms with van der Waals surface area (Å²) < 4.78 is 0. The van der Waals surface area contributed by atoms with Crippen LogP contribution in [0.1, 0.15) is 62.8 Å². The Morgan fingerprint density at radius 1 is 1.00 bits per heavy atom. The first-order valence-electron chi connectivity index (χ1n) is 9.17. The van der Waals surface area contributed by atoms with Gasteiger partial charge in [-0.15, -0.1) is 0 Å². The SMILES string of the molecule is c1ccc(C(CCC2CC3CCC2C3)CNC2CC2)cc1. The minimum Gasteiger partial charge on any atom is -0.313 e. The van der Waals surface area contributed by atoms with Crippen LogP contribution < -0.4 is 5.32 Å². The lowest BCUT2D eigenvalue weighted by atomic mass is 9.82. The second-order valence-corrected chi connectivity index (χ2v) is 7.80. The van der Waals surface area contributed by atoms with E-state index in [0.29, 0.717) is 0 Å². The molecule has 3 fully saturated rings. The van der Waals surface area contributed by atoms with Crippen molar-refractivity contribution in [2.24, 2.45) is 17.8 Å². The van der Waals surface area contributed by atoms with Gasteiger partial charge >= 0.3 is 0 Å². The Morgan fingerprint density at radius 3 is 2.52 bits per heavy atom. The Balaban J connectivity index is 1.35. The zero-order valence-corrected chi connectivity index (χ0v) is 13.1. The van der Waals surface area contributed by atoms with Crippen LogP contribution in [-0.2, 0) is 0 Å². The van der Waals surface area contributed by atoms with Crippen LogP contribution in [0.4, 0.5) is 0 Å². The van der Waals surface area contributed by atoms with Gasteiger partial charge in [0.25, 0.3) is 0 Å². The summed E-state index contributed by atoms with van der Waals surface area (Å²) in [5, 5.41) is 3.76. The lowest BCUT2D eigenvalue weighted by Crippen LogP contribution is -2.24. The van der Waals surface area contributed by atoms with E-state index in [1.54, 1.807) is 18.4 Å². The zero-order valence-electron chi connectivity index (χ0n) is 13.1. The largest absolute Gasteiger partial charge is 0.313 e. The van der Waals surface area contributed by atoms with Gasteiger partial charge in [-0.25, -0.2) is 0 Å². The fourth-order valence-corrected chi connectivity index (χ4v) is 4.85. The summed E-state index contributed by atoms with van der Waals surface area (Å²) in [7, 11) is 0. The molecule has 3 saturated carbocycles. The summed E-state index contributed by atoms with van der Waals surface area (Å²) in [4.78, 5) is 0. The Hall–Kier alpha value is -0.820. The Labute approximate surface area is 129 Å². The topological polar surface area (TPSA) is 12.0 Å². The fourth-order valence-electron chi connectivity index (χ4n) is 4.85. The van der Waals surface area contributed by atoms with E-state index >= 15 is 0 Å². The van der Waals surface area contributed by atoms with Gasteiger partial charge < -0.3 is 5.32 Å². The molecule has 4 atom stereocenters. The van der Waals surface area contributed by atoms with Crippen LogP contribution in [-0.4, -0.2) is 12.6 Å². The molecule has 21 heavy (non-hydrogen) atoms. The van der Waals surface area contributed by atoms with E-state index < -0.39 is 0 Å². The first-order valence-corrected chi connectivity index (χ1v) is 9.17. The van der Waals surface area contributed by atoms with Gasteiger partial charge in [0, 0.05) is 12.6 Å². The molecule has 3 aliphatic rings. The maximum absolute atomic E-state index is 3.76. The quantitative estimate of drug-likeness (QED) is 0.762. The van der Waals surface area contributed by atoms with Gasteiger partial charge in [-0.1, -0.05) is 36.8 Å². The molecule has 1 heteroatoms. The third-order valence-corrected chi connectivity index (χ3v) is 6.27. The van der Waals surface area contributed by atoms with Gasteiger partial charge in [-0.2, -0.15) is 0 Å². The summed E-state index contributed by atoms with van der Waals surface area (Å²) in [5.41, 5.74) is 1.55. The van der Waals surface area contributed by atoms with Crippen LogP contribution in [0.3, 0.4) is 0 Å². The van der Waals surface area contributed by atoms with Crippen molar-refractivity contribution >= 4 is 0 Å². The average Bonchev–Trinajstić information content (AvgIpc) is 3.12. The molecule has 0 saturated heterocycles. The molecule has 2 bridgehead atoms. The molecular formula is C20H29N. The van der Waals surface area contributed by atoms with Crippen molar-refractivity contribution in [3.63, 3.8) is 0 Å². The molecule has 4 rings (SSSR count). The van der Waals surface area contributed by atoms with E-state index in [-0.39, 0.29) is 0 Å². The van der Waals surface area contributed by atoms with Crippen LogP contribution in [0, 0.1) is 17.8 Å². The van der Waals surface area contributed by atoms with Gasteiger partial charge in [0.15, 0.2) is 0 Å². The summed E-state index contributed by atoms with van der Waals surface area (Å²) in [6.07, 6.45) is 11.8. The predicted octanol–water partition coefficient (Wildman–Crippen LogP) is 4.74.